The molecule has 0 saturated carbocycles. The molecule has 0 atom stereocenters. The second kappa shape index (κ2) is 9.97. The van der Waals surface area contributed by atoms with E-state index in [9.17, 15) is 8.42 Å². The lowest BCUT2D eigenvalue weighted by Crippen LogP contribution is -2.32. The van der Waals surface area contributed by atoms with Gasteiger partial charge in [-0.3, -0.25) is 0 Å². The minimum absolute atomic E-state index is 0. The molecule has 2 aromatic rings. The Morgan fingerprint density at radius 3 is 2.56 bits per heavy atom. The zero-order valence-electron chi connectivity index (χ0n) is 13.8. The molecule has 7 nitrogen and oxygen atoms in total. The fourth-order valence-corrected chi connectivity index (χ4v) is 3.58. The highest BCUT2D eigenvalue weighted by atomic mass is 35.5. The predicted octanol–water partition coefficient (Wildman–Crippen LogP) is 2.66. The summed E-state index contributed by atoms with van der Waals surface area (Å²) in [4.78, 5) is 8.51. The minimum atomic E-state index is -3.69. The zero-order valence-corrected chi connectivity index (χ0v) is 15.4. The van der Waals surface area contributed by atoms with E-state index in [-0.39, 0.29) is 23.8 Å². The molecule has 2 rings (SSSR count). The number of benzene rings is 1. The summed E-state index contributed by atoms with van der Waals surface area (Å²) >= 11 is 0. The lowest BCUT2D eigenvalue weighted by molar-refractivity contribution is 0.150. The van der Waals surface area contributed by atoms with Crippen LogP contribution in [-0.2, 0) is 15.0 Å². The van der Waals surface area contributed by atoms with Gasteiger partial charge in [-0.15, -0.1) is 18.3 Å². The summed E-state index contributed by atoms with van der Waals surface area (Å²) in [5, 5.41) is 3.44. The molecule has 0 aliphatic carbocycles. The molecule has 0 saturated heterocycles. The Morgan fingerprint density at radius 1 is 1.24 bits per heavy atom. The van der Waals surface area contributed by atoms with Crippen LogP contribution in [0.5, 0.6) is 0 Å². The number of aryl methyl sites for hydroxylation is 1. The number of hydrogen-bond donors (Lipinski definition) is 1. The van der Waals surface area contributed by atoms with Crippen molar-refractivity contribution in [1.82, 2.24) is 4.98 Å². The summed E-state index contributed by atoms with van der Waals surface area (Å²) in [5.74, 6) is 5.18. The number of nitrogens with two attached hydrogens (primary N) is 1. The van der Waals surface area contributed by atoms with Crippen molar-refractivity contribution < 1.29 is 13.4 Å². The van der Waals surface area contributed by atoms with E-state index in [0.29, 0.717) is 18.7 Å². The molecule has 0 aliphatic heterocycles. The number of oxime groups is 1. The Balaban J connectivity index is 0.00000312. The second-order valence-electron chi connectivity index (χ2n) is 5.11. The van der Waals surface area contributed by atoms with Crippen molar-refractivity contribution in [2.75, 3.05) is 10.8 Å². The highest BCUT2D eigenvalue weighted by molar-refractivity contribution is 7.92. The van der Waals surface area contributed by atoms with Crippen molar-refractivity contribution in [3.05, 3.63) is 54.2 Å². The molecule has 0 aliphatic rings. The Hall–Kier alpha value is -2.16. The second-order valence-corrected chi connectivity index (χ2v) is 6.98. The number of rotatable bonds is 8. The van der Waals surface area contributed by atoms with Crippen molar-refractivity contribution in [2.45, 2.75) is 24.7 Å². The van der Waals surface area contributed by atoms with Crippen LogP contribution < -0.4 is 10.2 Å². The smallest absolute Gasteiger partial charge is 0.265 e. The number of sulfonamides is 1. The highest BCUT2D eigenvalue weighted by Crippen LogP contribution is 2.22. The van der Waals surface area contributed by atoms with E-state index in [1.54, 1.807) is 48.7 Å². The van der Waals surface area contributed by atoms with E-state index in [2.05, 4.69) is 15.1 Å². The van der Waals surface area contributed by atoms with Gasteiger partial charge in [0.2, 0.25) is 0 Å². The maximum Gasteiger partial charge on any atom is 0.265 e. The number of anilines is 1. The molecule has 0 fully saturated rings. The van der Waals surface area contributed by atoms with Gasteiger partial charge in [0, 0.05) is 19.0 Å². The number of halogens is 1. The van der Waals surface area contributed by atoms with Crippen molar-refractivity contribution in [3.8, 4) is 0 Å². The Labute approximate surface area is 153 Å². The molecule has 1 aromatic heterocycles. The average Bonchev–Trinajstić information content (AvgIpc) is 2.59. The first-order valence-electron chi connectivity index (χ1n) is 7.44. The number of nitrogens with zero attached hydrogens (tertiary/aromatic N) is 3. The maximum atomic E-state index is 13.0. The van der Waals surface area contributed by atoms with Gasteiger partial charge in [0.15, 0.2) is 0 Å². The number of aromatic nitrogens is 1. The first-order valence-corrected chi connectivity index (χ1v) is 8.88. The third-order valence-corrected chi connectivity index (χ3v) is 5.16. The van der Waals surface area contributed by atoms with Crippen LogP contribution in [0.15, 0.2) is 58.7 Å². The van der Waals surface area contributed by atoms with Crippen LogP contribution in [0.1, 0.15) is 18.4 Å². The molecule has 2 N–H and O–H groups in total. The summed E-state index contributed by atoms with van der Waals surface area (Å²) in [6.45, 7) is 2.18. The van der Waals surface area contributed by atoms with Gasteiger partial charge in [-0.05, 0) is 44.0 Å². The molecule has 0 spiro atoms. The van der Waals surface area contributed by atoms with Crippen molar-refractivity contribution in [2.24, 2.45) is 11.1 Å². The molecule has 9 heteroatoms. The van der Waals surface area contributed by atoms with Gasteiger partial charge < -0.3 is 4.94 Å². The zero-order chi connectivity index (χ0) is 17.4. The number of unbranched alkanes of at least 4 members (excludes halogenated alkanes) is 1. The largest absolute Gasteiger partial charge is 0.303 e. The van der Waals surface area contributed by atoms with Crippen molar-refractivity contribution in [1.29, 1.82) is 0 Å². The summed E-state index contributed by atoms with van der Waals surface area (Å²) in [6, 6.07) is 11.9. The fourth-order valence-electron chi connectivity index (χ4n) is 2.12. The van der Waals surface area contributed by atoms with Gasteiger partial charge in [-0.25, -0.2) is 17.7 Å². The lowest BCUT2D eigenvalue weighted by atomic mass is 10.2. The lowest BCUT2D eigenvalue weighted by Gasteiger charge is -2.23. The van der Waals surface area contributed by atoms with Crippen LogP contribution >= 0.6 is 12.4 Å². The first-order chi connectivity index (χ1) is 11.6. The Kier molecular flexibility index (Phi) is 8.33. The predicted molar refractivity (Wildman–Crippen MR) is 100 cm³/mol. The normalized spacial score (nSPS) is 11.1. The van der Waals surface area contributed by atoms with E-state index in [4.69, 9.17) is 5.90 Å². The summed E-state index contributed by atoms with van der Waals surface area (Å²) in [5.41, 5.74) is 0.997. The van der Waals surface area contributed by atoms with E-state index in [1.807, 2.05) is 6.92 Å². The third-order valence-electron chi connectivity index (χ3n) is 3.34. The standard InChI is InChI=1S/C16H20N4O3S.ClH/c1-14-7-9-15(10-8-14)24(21,22)20(13-5-4-12-19-23-17)16-6-2-3-11-18-16;/h2-3,6-12H,4-5,13,17H2,1H3;1H. The van der Waals surface area contributed by atoms with Crippen LogP contribution in [-0.4, -0.2) is 26.2 Å². The van der Waals surface area contributed by atoms with E-state index >= 15 is 0 Å². The Bertz CT molecular complexity index is 768. The fraction of sp³-hybridized carbons (Fsp3) is 0.250. The van der Waals surface area contributed by atoms with Gasteiger partial charge in [0.05, 0.1) is 4.90 Å². The van der Waals surface area contributed by atoms with Crippen LogP contribution in [0.2, 0.25) is 0 Å². The van der Waals surface area contributed by atoms with E-state index < -0.39 is 10.0 Å². The molecule has 136 valence electrons. The van der Waals surface area contributed by atoms with Gasteiger partial charge in [-0.1, -0.05) is 28.9 Å². The summed E-state index contributed by atoms with van der Waals surface area (Å²) in [7, 11) is -3.69. The van der Waals surface area contributed by atoms with Crippen LogP contribution in [0.3, 0.4) is 0 Å². The van der Waals surface area contributed by atoms with Crippen molar-refractivity contribution in [3.63, 3.8) is 0 Å². The number of pyridine rings is 1. The average molecular weight is 385 g/mol. The van der Waals surface area contributed by atoms with Gasteiger partial charge >= 0.3 is 0 Å². The topological polar surface area (TPSA) is 97.9 Å². The van der Waals surface area contributed by atoms with Gasteiger partial charge in [0.25, 0.3) is 10.0 Å². The summed E-state index contributed by atoms with van der Waals surface area (Å²) < 4.78 is 27.2. The van der Waals surface area contributed by atoms with Crippen LogP contribution in [0.25, 0.3) is 0 Å². The first kappa shape index (κ1) is 20.9. The molecule has 0 radical (unpaired) electrons. The van der Waals surface area contributed by atoms with Crippen LogP contribution in [0.4, 0.5) is 5.82 Å². The van der Waals surface area contributed by atoms with Crippen molar-refractivity contribution >= 4 is 34.5 Å². The molecule has 0 amide bonds. The maximum absolute atomic E-state index is 13.0. The Morgan fingerprint density at radius 2 is 1.96 bits per heavy atom. The summed E-state index contributed by atoms with van der Waals surface area (Å²) in [6.07, 6.45) is 4.14. The monoisotopic (exact) mass is 384 g/mol. The minimum Gasteiger partial charge on any atom is -0.303 e. The number of hydrogen-bond acceptors (Lipinski definition) is 6. The molecule has 1 heterocycles. The molecular weight excluding hydrogens is 364 g/mol. The highest BCUT2D eigenvalue weighted by Gasteiger charge is 2.25. The molecule has 1 aromatic carbocycles. The quantitative estimate of drug-likeness (QED) is 0.428. The molecule has 25 heavy (non-hydrogen) atoms. The van der Waals surface area contributed by atoms with Gasteiger partial charge in [-0.2, -0.15) is 0 Å². The van der Waals surface area contributed by atoms with Crippen LogP contribution in [0, 0.1) is 6.92 Å². The van der Waals surface area contributed by atoms with E-state index in [0.717, 1.165) is 5.56 Å². The third kappa shape index (κ3) is 5.70. The molecule has 0 bridgehead atoms. The van der Waals surface area contributed by atoms with E-state index in [1.165, 1.54) is 10.5 Å². The molecular formula is C16H21ClN4O3S. The van der Waals surface area contributed by atoms with Gasteiger partial charge in [0.1, 0.15) is 5.82 Å². The molecule has 0 unspecified atom stereocenters. The SMILES string of the molecule is Cc1ccc(S(=O)(=O)N(CCCC=NON)c2ccccn2)cc1.Cl.